The van der Waals surface area contributed by atoms with Crippen LogP contribution in [0.1, 0.15) is 75.3 Å². The van der Waals surface area contributed by atoms with Crippen molar-refractivity contribution >= 4 is 34.1 Å². The predicted octanol–water partition coefficient (Wildman–Crippen LogP) is 5.23. The van der Waals surface area contributed by atoms with Gasteiger partial charge in [0.1, 0.15) is 5.82 Å². The third kappa shape index (κ3) is 4.43. The second-order valence-electron chi connectivity index (χ2n) is 10.7. The van der Waals surface area contributed by atoms with Gasteiger partial charge in [0.2, 0.25) is 5.91 Å². The number of rotatable bonds is 6. The molecule has 1 aromatic carbocycles. The largest absolute Gasteiger partial charge is 0.381 e. The number of benzene rings is 1. The average molecular weight is 490 g/mol. The molecule has 0 bridgehead atoms. The zero-order valence-electron chi connectivity index (χ0n) is 21.0. The Bertz CT molecular complexity index is 1330. The highest BCUT2D eigenvalue weighted by atomic mass is 16.5. The summed E-state index contributed by atoms with van der Waals surface area (Å²) in [6.45, 7) is 1.52. The quantitative estimate of drug-likeness (QED) is 0.495. The molecule has 3 aliphatic rings. The summed E-state index contributed by atoms with van der Waals surface area (Å²) >= 11 is 0. The highest BCUT2D eigenvalue weighted by Gasteiger charge is 2.26. The molecule has 8 nitrogen and oxygen atoms in total. The number of nitrogens with zero attached hydrogens (tertiary/aromatic N) is 3. The molecule has 2 aromatic heterocycles. The molecule has 1 saturated heterocycles. The van der Waals surface area contributed by atoms with E-state index >= 15 is 0 Å². The summed E-state index contributed by atoms with van der Waals surface area (Å²) in [5.41, 5.74) is 4.71. The minimum atomic E-state index is 0.0263. The van der Waals surface area contributed by atoms with E-state index in [9.17, 15) is 9.59 Å². The van der Waals surface area contributed by atoms with Gasteiger partial charge >= 0.3 is 5.69 Å². The minimum absolute atomic E-state index is 0.0263. The van der Waals surface area contributed by atoms with Crippen molar-refractivity contribution < 1.29 is 9.53 Å². The van der Waals surface area contributed by atoms with Crippen molar-refractivity contribution in [3.05, 3.63) is 46.5 Å². The summed E-state index contributed by atoms with van der Waals surface area (Å²) in [7, 11) is 1.82. The fourth-order valence-electron chi connectivity index (χ4n) is 5.97. The molecule has 0 radical (unpaired) electrons. The molecular weight excluding hydrogens is 454 g/mol. The van der Waals surface area contributed by atoms with Crippen molar-refractivity contribution in [3.8, 4) is 0 Å². The topological polar surface area (TPSA) is 90.2 Å². The Morgan fingerprint density at radius 3 is 2.42 bits per heavy atom. The molecule has 0 atom stereocenters. The van der Waals surface area contributed by atoms with Gasteiger partial charge in [-0.2, -0.15) is 0 Å². The van der Waals surface area contributed by atoms with Gasteiger partial charge in [-0.3, -0.25) is 13.9 Å². The second-order valence-corrected chi connectivity index (χ2v) is 10.7. The third-order valence-electron chi connectivity index (χ3n) is 8.33. The minimum Gasteiger partial charge on any atom is -0.381 e. The van der Waals surface area contributed by atoms with Crippen molar-refractivity contribution in [1.29, 1.82) is 0 Å². The van der Waals surface area contributed by atoms with Crippen LogP contribution in [0, 0.1) is 5.92 Å². The van der Waals surface area contributed by atoms with E-state index in [0.29, 0.717) is 11.7 Å². The van der Waals surface area contributed by atoms with Gasteiger partial charge in [-0.05, 0) is 68.2 Å². The highest BCUT2D eigenvalue weighted by Crippen LogP contribution is 2.35. The Labute approximate surface area is 211 Å². The summed E-state index contributed by atoms with van der Waals surface area (Å²) < 4.78 is 9.23. The number of nitrogens with one attached hydrogen (secondary N) is 2. The van der Waals surface area contributed by atoms with Crippen LogP contribution in [0.2, 0.25) is 0 Å². The zero-order chi connectivity index (χ0) is 24.6. The van der Waals surface area contributed by atoms with Crippen LogP contribution >= 0.6 is 0 Å². The van der Waals surface area contributed by atoms with Crippen LogP contribution in [0.25, 0.3) is 11.0 Å². The van der Waals surface area contributed by atoms with Gasteiger partial charge in [0.05, 0.1) is 17.2 Å². The lowest BCUT2D eigenvalue weighted by Gasteiger charge is -2.26. The van der Waals surface area contributed by atoms with Crippen LogP contribution in [0.4, 0.5) is 17.2 Å². The Balaban J connectivity index is 1.33. The Hall–Kier alpha value is -3.13. The van der Waals surface area contributed by atoms with E-state index in [1.807, 2.05) is 23.7 Å². The summed E-state index contributed by atoms with van der Waals surface area (Å²) in [5, 5.41) is 6.63. The second kappa shape index (κ2) is 9.73. The lowest BCUT2D eigenvalue weighted by atomic mass is 9.84. The van der Waals surface area contributed by atoms with Gasteiger partial charge in [0.15, 0.2) is 0 Å². The van der Waals surface area contributed by atoms with Crippen LogP contribution in [0.5, 0.6) is 0 Å². The molecule has 1 amide bonds. The number of hydrogen-bond donors (Lipinski definition) is 2. The molecule has 3 fully saturated rings. The SMILES string of the molecule is Cn1c(=O)n(C2CCCC2)c2cc(Nc3cc(NC(=O)C4CCC4)cc(C4CCOCC4)c3)ncc21. The molecule has 2 aliphatic carbocycles. The standard InChI is InChI=1S/C28H35N5O3/c1-32-25-17-29-26(16-24(25)33(28(32)35)23-7-2-3-8-23)30-21-13-20(18-9-11-36-12-10-18)14-22(15-21)31-27(34)19-5-4-6-19/h13-19,23H,2-12H2,1H3,(H,29,30)(H,31,34). The summed E-state index contributed by atoms with van der Waals surface area (Å²) in [4.78, 5) is 30.4. The first-order chi connectivity index (χ1) is 17.6. The van der Waals surface area contributed by atoms with E-state index in [1.54, 1.807) is 10.8 Å². The van der Waals surface area contributed by atoms with Crippen LogP contribution < -0.4 is 16.3 Å². The van der Waals surface area contributed by atoms with Gasteiger partial charge < -0.3 is 15.4 Å². The monoisotopic (exact) mass is 489 g/mol. The molecule has 0 unspecified atom stereocenters. The van der Waals surface area contributed by atoms with Gasteiger partial charge in [0, 0.05) is 49.7 Å². The maximum Gasteiger partial charge on any atom is 0.329 e. The van der Waals surface area contributed by atoms with Crippen molar-refractivity contribution in [3.63, 3.8) is 0 Å². The number of ether oxygens (including phenoxy) is 1. The van der Waals surface area contributed by atoms with Crippen molar-refractivity contribution in [2.45, 2.75) is 69.7 Å². The zero-order valence-corrected chi connectivity index (χ0v) is 21.0. The smallest absolute Gasteiger partial charge is 0.329 e. The average Bonchev–Trinajstić information content (AvgIpc) is 3.45. The molecule has 190 valence electrons. The van der Waals surface area contributed by atoms with Crippen LogP contribution in [-0.4, -0.2) is 33.2 Å². The first-order valence-corrected chi connectivity index (χ1v) is 13.4. The molecule has 0 spiro atoms. The molecule has 2 N–H and O–H groups in total. The van der Waals surface area contributed by atoms with E-state index in [-0.39, 0.29) is 23.6 Å². The molecule has 36 heavy (non-hydrogen) atoms. The first-order valence-electron chi connectivity index (χ1n) is 13.4. The van der Waals surface area contributed by atoms with E-state index in [2.05, 4.69) is 27.8 Å². The fraction of sp³-hybridized carbons (Fsp3) is 0.536. The van der Waals surface area contributed by atoms with E-state index in [4.69, 9.17) is 4.74 Å². The number of carbonyl (C=O) groups is 1. The fourth-order valence-corrected chi connectivity index (χ4v) is 5.97. The number of fused-ring (bicyclic) bond motifs is 1. The molecular formula is C28H35N5O3. The number of anilines is 3. The van der Waals surface area contributed by atoms with Crippen molar-refractivity contribution in [1.82, 2.24) is 14.1 Å². The van der Waals surface area contributed by atoms with Gasteiger partial charge in [-0.1, -0.05) is 19.3 Å². The number of aryl methyl sites for hydroxylation is 1. The molecule has 6 rings (SSSR count). The van der Waals surface area contributed by atoms with Gasteiger partial charge in [-0.15, -0.1) is 0 Å². The van der Waals surface area contributed by atoms with E-state index in [0.717, 1.165) is 93.4 Å². The maximum absolute atomic E-state index is 13.0. The van der Waals surface area contributed by atoms with Crippen LogP contribution in [-0.2, 0) is 16.6 Å². The van der Waals surface area contributed by atoms with Gasteiger partial charge in [0.25, 0.3) is 0 Å². The molecule has 1 aliphatic heterocycles. The molecule has 3 heterocycles. The summed E-state index contributed by atoms with van der Waals surface area (Å²) in [5.74, 6) is 1.33. The van der Waals surface area contributed by atoms with Gasteiger partial charge in [-0.25, -0.2) is 9.78 Å². The molecule has 3 aromatic rings. The predicted molar refractivity (Wildman–Crippen MR) is 141 cm³/mol. The summed E-state index contributed by atoms with van der Waals surface area (Å²) in [6.07, 6.45) is 11.2. The lowest BCUT2D eigenvalue weighted by Crippen LogP contribution is -2.28. The Morgan fingerprint density at radius 2 is 1.69 bits per heavy atom. The number of aromatic nitrogens is 3. The molecule has 2 saturated carbocycles. The maximum atomic E-state index is 13.0. The van der Waals surface area contributed by atoms with E-state index < -0.39 is 0 Å². The number of pyridine rings is 1. The number of imidazole rings is 1. The normalized spacial score (nSPS) is 19.5. The first kappa shape index (κ1) is 23.3. The van der Waals surface area contributed by atoms with E-state index in [1.165, 1.54) is 5.56 Å². The summed E-state index contributed by atoms with van der Waals surface area (Å²) in [6, 6.07) is 8.50. The third-order valence-corrected chi connectivity index (χ3v) is 8.33. The van der Waals surface area contributed by atoms with Crippen molar-refractivity contribution in [2.24, 2.45) is 13.0 Å². The van der Waals surface area contributed by atoms with Crippen molar-refractivity contribution in [2.75, 3.05) is 23.8 Å². The number of hydrogen-bond acceptors (Lipinski definition) is 5. The van der Waals surface area contributed by atoms with Crippen LogP contribution in [0.3, 0.4) is 0 Å². The number of carbonyl (C=O) groups excluding carboxylic acids is 1. The molecule has 8 heteroatoms. The highest BCUT2D eigenvalue weighted by molar-refractivity contribution is 5.93. The van der Waals surface area contributed by atoms with Crippen LogP contribution in [0.15, 0.2) is 35.3 Å². The lowest BCUT2D eigenvalue weighted by molar-refractivity contribution is -0.122. The Morgan fingerprint density at radius 1 is 0.944 bits per heavy atom. The Kier molecular flexibility index (Phi) is 6.29. The number of amides is 1.